The van der Waals surface area contributed by atoms with Gasteiger partial charge in [0.1, 0.15) is 5.54 Å². The Hall–Kier alpha value is -0.900. The van der Waals surface area contributed by atoms with Crippen LogP contribution in [0.2, 0.25) is 0 Å². The maximum absolute atomic E-state index is 5.20. The Morgan fingerprint density at radius 2 is 2.07 bits per heavy atom. The van der Waals surface area contributed by atoms with Crippen molar-refractivity contribution >= 4 is 0 Å². The van der Waals surface area contributed by atoms with Crippen LogP contribution in [0, 0.1) is 0 Å². The van der Waals surface area contributed by atoms with Crippen molar-refractivity contribution in [2.24, 2.45) is 0 Å². The first kappa shape index (κ1) is 9.65. The summed E-state index contributed by atoms with van der Waals surface area (Å²) >= 11 is 0. The van der Waals surface area contributed by atoms with E-state index in [-0.39, 0.29) is 11.0 Å². The highest BCUT2D eigenvalue weighted by Crippen LogP contribution is 2.26. The van der Waals surface area contributed by atoms with Gasteiger partial charge in [-0.2, -0.15) is 0 Å². The van der Waals surface area contributed by atoms with Gasteiger partial charge in [0.25, 0.3) is 0 Å². The Morgan fingerprint density at radius 3 is 2.43 bits per heavy atom. The Labute approximate surface area is 84.3 Å². The van der Waals surface area contributed by atoms with Gasteiger partial charge in [-0.1, -0.05) is 26.0 Å². The van der Waals surface area contributed by atoms with Crippen molar-refractivity contribution in [1.82, 2.24) is 15.0 Å². The lowest BCUT2D eigenvalue weighted by molar-refractivity contribution is -0.0965. The van der Waals surface area contributed by atoms with Gasteiger partial charge in [-0.3, -0.25) is 0 Å². The molecular weight excluding hydrogens is 178 g/mol. The molecule has 0 N–H and O–H groups in total. The fourth-order valence-electron chi connectivity index (χ4n) is 1.40. The number of hydrogen-bond donors (Lipinski definition) is 0. The molecule has 2 heterocycles. The standard InChI is InChI=1S/C10H17N3O/c1-9(2,3)8-5-13(12-11-8)10(4)6-14-7-10/h5H,6-7H2,1-4H3. The van der Waals surface area contributed by atoms with Gasteiger partial charge in [0.2, 0.25) is 0 Å². The molecule has 0 aliphatic carbocycles. The molecule has 4 nitrogen and oxygen atoms in total. The smallest absolute Gasteiger partial charge is 0.108 e. The average molecular weight is 195 g/mol. The lowest BCUT2D eigenvalue weighted by Gasteiger charge is -2.37. The minimum atomic E-state index is 0.0243. The summed E-state index contributed by atoms with van der Waals surface area (Å²) < 4.78 is 7.13. The monoisotopic (exact) mass is 195 g/mol. The third-order valence-electron chi connectivity index (χ3n) is 2.64. The predicted molar refractivity (Wildman–Crippen MR) is 53.2 cm³/mol. The first-order chi connectivity index (χ1) is 6.42. The van der Waals surface area contributed by atoms with Crippen molar-refractivity contribution in [3.05, 3.63) is 11.9 Å². The van der Waals surface area contributed by atoms with Crippen LogP contribution in [0.5, 0.6) is 0 Å². The first-order valence-corrected chi connectivity index (χ1v) is 4.93. The van der Waals surface area contributed by atoms with E-state index >= 15 is 0 Å². The molecule has 0 saturated carbocycles. The predicted octanol–water partition coefficient (Wildman–Crippen LogP) is 1.32. The molecule has 0 unspecified atom stereocenters. The number of rotatable bonds is 1. The number of nitrogens with zero attached hydrogens (tertiary/aromatic N) is 3. The average Bonchev–Trinajstić information content (AvgIpc) is 2.46. The maximum atomic E-state index is 5.20. The first-order valence-electron chi connectivity index (χ1n) is 4.93. The molecule has 1 aliphatic heterocycles. The molecule has 2 rings (SSSR count). The maximum Gasteiger partial charge on any atom is 0.108 e. The summed E-state index contributed by atoms with van der Waals surface area (Å²) in [7, 11) is 0. The highest BCUT2D eigenvalue weighted by molar-refractivity contribution is 5.08. The summed E-state index contributed by atoms with van der Waals surface area (Å²) in [5.41, 5.74) is 1.13. The van der Waals surface area contributed by atoms with Crippen LogP contribution in [-0.2, 0) is 15.7 Å². The number of hydrogen-bond acceptors (Lipinski definition) is 3. The van der Waals surface area contributed by atoms with Gasteiger partial charge >= 0.3 is 0 Å². The molecule has 0 spiro atoms. The molecule has 1 aromatic heterocycles. The molecule has 1 fully saturated rings. The molecular formula is C10H17N3O. The molecule has 0 bridgehead atoms. The molecule has 1 aromatic rings. The van der Waals surface area contributed by atoms with Gasteiger partial charge in [0.05, 0.1) is 18.9 Å². The van der Waals surface area contributed by atoms with Crippen LogP contribution in [0.15, 0.2) is 6.20 Å². The van der Waals surface area contributed by atoms with Gasteiger partial charge in [-0.15, -0.1) is 5.10 Å². The zero-order valence-corrected chi connectivity index (χ0v) is 9.24. The molecule has 0 amide bonds. The molecule has 0 radical (unpaired) electrons. The van der Waals surface area contributed by atoms with Crippen LogP contribution in [0.3, 0.4) is 0 Å². The van der Waals surface area contributed by atoms with Gasteiger partial charge in [0, 0.05) is 11.6 Å². The molecule has 1 saturated heterocycles. The van der Waals surface area contributed by atoms with Crippen molar-refractivity contribution in [3.8, 4) is 0 Å². The van der Waals surface area contributed by atoms with Crippen molar-refractivity contribution in [2.75, 3.05) is 13.2 Å². The molecule has 0 atom stereocenters. The van der Waals surface area contributed by atoms with E-state index in [1.54, 1.807) is 0 Å². The lowest BCUT2D eigenvalue weighted by Crippen LogP contribution is -2.49. The van der Waals surface area contributed by atoms with E-state index in [1.165, 1.54) is 0 Å². The zero-order chi connectivity index (χ0) is 10.4. The third-order valence-corrected chi connectivity index (χ3v) is 2.64. The Kier molecular flexibility index (Phi) is 1.93. The summed E-state index contributed by atoms with van der Waals surface area (Å²) in [5, 5.41) is 8.36. The second-order valence-electron chi connectivity index (χ2n) is 5.29. The van der Waals surface area contributed by atoms with Crippen molar-refractivity contribution < 1.29 is 4.74 Å². The van der Waals surface area contributed by atoms with E-state index in [0.717, 1.165) is 18.9 Å². The lowest BCUT2D eigenvalue weighted by atomic mass is 9.93. The van der Waals surface area contributed by atoms with E-state index in [0.29, 0.717) is 0 Å². The second kappa shape index (κ2) is 2.79. The molecule has 1 aliphatic rings. The van der Waals surface area contributed by atoms with Crippen molar-refractivity contribution in [1.29, 1.82) is 0 Å². The molecule has 4 heteroatoms. The van der Waals surface area contributed by atoms with Gasteiger partial charge in [-0.25, -0.2) is 4.68 Å². The van der Waals surface area contributed by atoms with E-state index in [4.69, 9.17) is 4.74 Å². The van der Waals surface area contributed by atoms with E-state index < -0.39 is 0 Å². The van der Waals surface area contributed by atoms with E-state index in [9.17, 15) is 0 Å². The molecule has 78 valence electrons. The van der Waals surface area contributed by atoms with Crippen LogP contribution in [0.25, 0.3) is 0 Å². The highest BCUT2D eigenvalue weighted by Gasteiger charge is 2.37. The van der Waals surface area contributed by atoms with Crippen LogP contribution >= 0.6 is 0 Å². The summed E-state index contributed by atoms with van der Waals surface area (Å²) in [6, 6.07) is 0. The molecule has 14 heavy (non-hydrogen) atoms. The Balaban J connectivity index is 2.26. The summed E-state index contributed by atoms with van der Waals surface area (Å²) in [5.74, 6) is 0. The topological polar surface area (TPSA) is 39.9 Å². The van der Waals surface area contributed by atoms with Gasteiger partial charge in [0.15, 0.2) is 0 Å². The highest BCUT2D eigenvalue weighted by atomic mass is 16.5. The van der Waals surface area contributed by atoms with E-state index in [1.807, 2.05) is 10.9 Å². The largest absolute Gasteiger partial charge is 0.376 e. The normalized spacial score (nSPS) is 20.6. The summed E-state index contributed by atoms with van der Waals surface area (Å²) in [4.78, 5) is 0. The summed E-state index contributed by atoms with van der Waals surface area (Å²) in [6.07, 6.45) is 2.03. The minimum absolute atomic E-state index is 0.0243. The Morgan fingerprint density at radius 1 is 1.43 bits per heavy atom. The molecule has 0 aromatic carbocycles. The Bertz CT molecular complexity index is 333. The van der Waals surface area contributed by atoms with Gasteiger partial charge < -0.3 is 4.74 Å². The van der Waals surface area contributed by atoms with Crippen molar-refractivity contribution in [3.63, 3.8) is 0 Å². The fraction of sp³-hybridized carbons (Fsp3) is 0.800. The SMILES string of the molecule is CC(C)(C)c1cn(C2(C)COC2)nn1. The third kappa shape index (κ3) is 1.43. The van der Waals surface area contributed by atoms with Crippen molar-refractivity contribution in [2.45, 2.75) is 38.6 Å². The zero-order valence-electron chi connectivity index (χ0n) is 9.24. The fourth-order valence-corrected chi connectivity index (χ4v) is 1.40. The van der Waals surface area contributed by atoms with Crippen LogP contribution in [0.4, 0.5) is 0 Å². The second-order valence-corrected chi connectivity index (χ2v) is 5.29. The van der Waals surface area contributed by atoms with Crippen LogP contribution in [-0.4, -0.2) is 28.2 Å². The van der Waals surface area contributed by atoms with Crippen LogP contribution < -0.4 is 0 Å². The van der Waals surface area contributed by atoms with Gasteiger partial charge in [-0.05, 0) is 6.92 Å². The van der Waals surface area contributed by atoms with Crippen LogP contribution in [0.1, 0.15) is 33.4 Å². The van der Waals surface area contributed by atoms with E-state index in [2.05, 4.69) is 38.0 Å². The summed E-state index contributed by atoms with van der Waals surface area (Å²) in [6.45, 7) is 10.0. The quantitative estimate of drug-likeness (QED) is 0.678. The number of aromatic nitrogens is 3. The number of ether oxygens (including phenoxy) is 1. The minimum Gasteiger partial charge on any atom is -0.376 e.